The molecule has 0 radical (unpaired) electrons. The summed E-state index contributed by atoms with van der Waals surface area (Å²) in [4.78, 5) is 31.6. The average Bonchev–Trinajstić information content (AvgIpc) is 3.61. The van der Waals surface area contributed by atoms with Gasteiger partial charge in [0.15, 0.2) is 11.9 Å². The summed E-state index contributed by atoms with van der Waals surface area (Å²) in [6, 6.07) is 15.0. The molecule has 6 rings (SSSR count). The van der Waals surface area contributed by atoms with Gasteiger partial charge in [-0.1, -0.05) is 29.8 Å². The zero-order chi connectivity index (χ0) is 30.1. The molecule has 4 N–H and O–H groups in total. The zero-order valence-electron chi connectivity index (χ0n) is 23.1. The van der Waals surface area contributed by atoms with E-state index in [1.165, 1.54) is 23.2 Å². The first-order valence-corrected chi connectivity index (χ1v) is 13.9. The van der Waals surface area contributed by atoms with Crippen LogP contribution >= 0.6 is 11.6 Å². The number of amides is 2. The van der Waals surface area contributed by atoms with Gasteiger partial charge in [-0.15, -0.1) is 5.10 Å². The number of ether oxygens (including phenoxy) is 1. The number of nitrogens with one attached hydrogen (secondary N) is 2. The quantitative estimate of drug-likeness (QED) is 0.211. The maximum atomic E-state index is 13.9. The van der Waals surface area contributed by atoms with Crippen LogP contribution in [0.4, 0.5) is 5.82 Å². The number of aromatic amines is 1. The van der Waals surface area contributed by atoms with Gasteiger partial charge in [-0.2, -0.15) is 10.2 Å². The summed E-state index contributed by atoms with van der Waals surface area (Å²) in [6.45, 7) is 1.85. The van der Waals surface area contributed by atoms with E-state index in [1.54, 1.807) is 41.3 Å². The molecule has 12 nitrogen and oxygen atoms in total. The average molecular weight is 602 g/mol. The van der Waals surface area contributed by atoms with Crippen LogP contribution in [0.1, 0.15) is 21.6 Å². The maximum Gasteiger partial charge on any atom is 0.260 e. The van der Waals surface area contributed by atoms with Crippen molar-refractivity contribution in [3.05, 3.63) is 95.0 Å². The number of halogens is 1. The lowest BCUT2D eigenvalue weighted by molar-refractivity contribution is -0.157. The number of aromatic hydroxyl groups is 1. The van der Waals surface area contributed by atoms with Gasteiger partial charge < -0.3 is 25.3 Å². The molecule has 13 heteroatoms. The van der Waals surface area contributed by atoms with Crippen LogP contribution in [-0.4, -0.2) is 78.4 Å². The number of H-pyrrole nitrogens is 1. The number of benzene rings is 2. The number of carbonyl (C=O) groups is 2. The van der Waals surface area contributed by atoms with Crippen LogP contribution < -0.4 is 10.2 Å². The molecule has 0 saturated carbocycles. The first-order valence-electron chi connectivity index (χ1n) is 13.5. The largest absolute Gasteiger partial charge is 0.507 e. The summed E-state index contributed by atoms with van der Waals surface area (Å²) in [5.41, 5.74) is 1.13. The molecule has 1 saturated heterocycles. The highest BCUT2D eigenvalue weighted by Gasteiger charge is 2.47. The Morgan fingerprint density at radius 1 is 1.21 bits per heavy atom. The second-order valence-corrected chi connectivity index (χ2v) is 10.8. The van der Waals surface area contributed by atoms with Crippen molar-refractivity contribution >= 4 is 40.1 Å². The maximum absolute atomic E-state index is 13.9. The number of fused-ring (bicyclic) bond motifs is 1. The van der Waals surface area contributed by atoms with Crippen molar-refractivity contribution < 1.29 is 24.5 Å². The number of rotatable bonds is 8. The topological polar surface area (TPSA) is 158 Å². The predicted molar refractivity (Wildman–Crippen MR) is 158 cm³/mol. The Morgan fingerprint density at radius 3 is 2.84 bits per heavy atom. The highest BCUT2D eigenvalue weighted by molar-refractivity contribution is 6.36. The molecule has 0 aliphatic carbocycles. The summed E-state index contributed by atoms with van der Waals surface area (Å²) in [5, 5.41) is 38.5. The van der Waals surface area contributed by atoms with Crippen molar-refractivity contribution in [1.82, 2.24) is 30.3 Å². The smallest absolute Gasteiger partial charge is 0.260 e. The van der Waals surface area contributed by atoms with Gasteiger partial charge in [0, 0.05) is 35.3 Å². The van der Waals surface area contributed by atoms with Crippen LogP contribution in [-0.2, 0) is 16.0 Å². The van der Waals surface area contributed by atoms with Crippen LogP contribution in [0.5, 0.6) is 5.75 Å². The Balaban J connectivity index is 1.31. The Hall–Kier alpha value is -4.78. The Kier molecular flexibility index (Phi) is 7.57. The third kappa shape index (κ3) is 5.55. The number of carbonyl (C=O) groups excluding carboxylic acids is 2. The second kappa shape index (κ2) is 11.5. The number of morpholine rings is 1. The van der Waals surface area contributed by atoms with E-state index in [1.807, 2.05) is 25.1 Å². The Bertz CT molecular complexity index is 1810. The van der Waals surface area contributed by atoms with Crippen LogP contribution in [0.25, 0.3) is 16.6 Å². The molecule has 1 aliphatic rings. The number of hydrogen-bond acceptors (Lipinski definition) is 8. The normalized spacial score (nSPS) is 16.8. The molecular weight excluding hydrogens is 574 g/mol. The molecule has 1 fully saturated rings. The summed E-state index contributed by atoms with van der Waals surface area (Å²) in [7, 11) is 0. The van der Waals surface area contributed by atoms with Gasteiger partial charge in [0.05, 0.1) is 48.4 Å². The number of nitrogens with zero attached hydrogens (tertiary/aromatic N) is 5. The van der Waals surface area contributed by atoms with E-state index in [0.29, 0.717) is 22.1 Å². The summed E-state index contributed by atoms with van der Waals surface area (Å²) < 4.78 is 7.49. The molecule has 43 heavy (non-hydrogen) atoms. The van der Waals surface area contributed by atoms with E-state index in [0.717, 1.165) is 16.6 Å². The summed E-state index contributed by atoms with van der Waals surface area (Å²) >= 11 is 6.50. The fourth-order valence-electron chi connectivity index (χ4n) is 5.26. The highest BCUT2D eigenvalue weighted by Crippen LogP contribution is 2.31. The van der Waals surface area contributed by atoms with Gasteiger partial charge in [0.1, 0.15) is 11.4 Å². The predicted octanol–water partition coefficient (Wildman–Crippen LogP) is 2.95. The van der Waals surface area contributed by atoms with Crippen molar-refractivity contribution in [2.75, 3.05) is 24.6 Å². The standard InChI is InChI=1S/C30H28ClN7O5/c1-18-26(31)22-14-19(6-7-23(22)35-18)15-30(42,17-32-28(40)21-4-2-3-5-24(21)39)27-29(41)37(12-13-43-27)25-9-11-38(36-25)20-8-10-33-34-16-20/h2-11,14,16,27,35,39,42H,12-13,15,17H2,1H3,(H,32,40)/t27-,30?/m0/s1. The minimum absolute atomic E-state index is 0.0366. The summed E-state index contributed by atoms with van der Waals surface area (Å²) in [6.07, 6.45) is 3.38. The van der Waals surface area contributed by atoms with Crippen molar-refractivity contribution in [3.8, 4) is 11.4 Å². The molecule has 2 amide bonds. The van der Waals surface area contributed by atoms with Gasteiger partial charge in [-0.25, -0.2) is 4.68 Å². The molecule has 0 bridgehead atoms. The van der Waals surface area contributed by atoms with Gasteiger partial charge in [-0.05, 0) is 42.8 Å². The number of anilines is 1. The van der Waals surface area contributed by atoms with Crippen LogP contribution in [0.15, 0.2) is 73.2 Å². The molecule has 1 aliphatic heterocycles. The lowest BCUT2D eigenvalue weighted by atomic mass is 9.86. The number of aryl methyl sites for hydroxylation is 1. The second-order valence-electron chi connectivity index (χ2n) is 10.4. The zero-order valence-corrected chi connectivity index (χ0v) is 23.8. The Morgan fingerprint density at radius 2 is 2.05 bits per heavy atom. The van der Waals surface area contributed by atoms with E-state index < -0.39 is 23.5 Å². The third-order valence-electron chi connectivity index (χ3n) is 7.45. The minimum atomic E-state index is -1.89. The SMILES string of the molecule is Cc1[nH]c2ccc(CC(O)(CNC(=O)c3ccccc3O)[C@H]3OCCN(c4ccn(-c5ccnnc5)n4)C3=O)cc2c1Cl. The lowest BCUT2D eigenvalue weighted by Crippen LogP contribution is -2.63. The minimum Gasteiger partial charge on any atom is -0.507 e. The molecule has 5 aromatic rings. The first kappa shape index (κ1) is 28.3. The van der Waals surface area contributed by atoms with Crippen LogP contribution in [0.2, 0.25) is 5.02 Å². The van der Waals surface area contributed by atoms with Crippen molar-refractivity contribution in [2.24, 2.45) is 0 Å². The number of phenolic OH excluding ortho intramolecular Hbond substituents is 1. The van der Waals surface area contributed by atoms with E-state index in [9.17, 15) is 19.8 Å². The monoisotopic (exact) mass is 601 g/mol. The fraction of sp³-hybridized carbons (Fsp3) is 0.233. The number of aromatic nitrogens is 5. The van der Waals surface area contributed by atoms with Gasteiger partial charge in [-0.3, -0.25) is 14.5 Å². The molecule has 4 heterocycles. The van der Waals surface area contributed by atoms with E-state index >= 15 is 0 Å². The highest BCUT2D eigenvalue weighted by atomic mass is 35.5. The van der Waals surface area contributed by atoms with Crippen LogP contribution in [0.3, 0.4) is 0 Å². The van der Waals surface area contributed by atoms with Crippen LogP contribution in [0, 0.1) is 6.92 Å². The van der Waals surface area contributed by atoms with Crippen molar-refractivity contribution in [1.29, 1.82) is 0 Å². The fourth-order valence-corrected chi connectivity index (χ4v) is 5.47. The number of aliphatic hydroxyl groups is 1. The molecule has 2 atom stereocenters. The van der Waals surface area contributed by atoms with E-state index in [-0.39, 0.29) is 37.4 Å². The summed E-state index contributed by atoms with van der Waals surface area (Å²) in [5.74, 6) is -0.962. The van der Waals surface area contributed by atoms with E-state index in [4.69, 9.17) is 16.3 Å². The van der Waals surface area contributed by atoms with Crippen molar-refractivity contribution in [2.45, 2.75) is 25.0 Å². The van der Waals surface area contributed by atoms with Gasteiger partial charge in [0.2, 0.25) is 0 Å². The third-order valence-corrected chi connectivity index (χ3v) is 7.94. The van der Waals surface area contributed by atoms with Crippen molar-refractivity contribution in [3.63, 3.8) is 0 Å². The molecule has 2 aromatic carbocycles. The first-order chi connectivity index (χ1) is 20.7. The molecular formula is C30H28ClN7O5. The molecule has 3 aromatic heterocycles. The van der Waals surface area contributed by atoms with E-state index in [2.05, 4.69) is 25.6 Å². The lowest BCUT2D eigenvalue weighted by Gasteiger charge is -2.40. The molecule has 1 unspecified atom stereocenters. The Labute approximate surface area is 250 Å². The van der Waals surface area contributed by atoms with Gasteiger partial charge >= 0.3 is 0 Å². The molecule has 0 spiro atoms. The number of phenols is 1. The number of para-hydroxylation sites is 1. The number of hydrogen-bond donors (Lipinski definition) is 4. The molecule has 220 valence electrons. The van der Waals surface area contributed by atoms with Gasteiger partial charge in [0.25, 0.3) is 11.8 Å².